The topological polar surface area (TPSA) is 0 Å². The second-order valence-corrected chi connectivity index (χ2v) is 4.79. The first-order valence-corrected chi connectivity index (χ1v) is 6.15. The van der Waals surface area contributed by atoms with E-state index < -0.39 is 0 Å². The molecule has 0 aromatic rings. The number of hydrogen-bond acceptors (Lipinski definition) is 0. The molecule has 0 unspecified atom stereocenters. The molecule has 91 valence electrons. The van der Waals surface area contributed by atoms with E-state index >= 15 is 0 Å². The van der Waals surface area contributed by atoms with Gasteiger partial charge in [0.25, 0.3) is 0 Å². The van der Waals surface area contributed by atoms with Crippen molar-refractivity contribution in [1.82, 2.24) is 0 Å². The summed E-state index contributed by atoms with van der Waals surface area (Å²) in [6, 6.07) is 0. The molecular weight excluding hydrogens is 243 g/mol. The molecule has 0 saturated carbocycles. The Hall–Kier alpha value is -0.456. The average Bonchev–Trinajstić information content (AvgIpc) is 2.93. The third-order valence-corrected chi connectivity index (χ3v) is 2.69. The van der Waals surface area contributed by atoms with Crippen LogP contribution >= 0.6 is 0 Å². The second kappa shape index (κ2) is 8.61. The fourth-order valence-corrected chi connectivity index (χ4v) is 1.64. The minimum absolute atomic E-state index is 0. The zero-order valence-corrected chi connectivity index (χ0v) is 12.7. The van der Waals surface area contributed by atoms with Crippen molar-refractivity contribution in [2.45, 2.75) is 40.5 Å². The Kier molecular flexibility index (Phi) is 8.38. The summed E-state index contributed by atoms with van der Waals surface area (Å²) in [6.45, 7) is 8.77. The molecule has 0 bridgehead atoms. The molecule has 0 aromatic heterocycles. The minimum Gasteiger partial charge on any atom is -0.269 e. The Balaban J connectivity index is 0.000000284. The van der Waals surface area contributed by atoms with Gasteiger partial charge in [0, 0.05) is 0 Å². The Morgan fingerprint density at radius 1 is 0.824 bits per heavy atom. The molecule has 17 heavy (non-hydrogen) atoms. The van der Waals surface area contributed by atoms with Crippen LogP contribution < -0.4 is 0 Å². The van der Waals surface area contributed by atoms with Crippen molar-refractivity contribution >= 4 is 0 Å². The van der Waals surface area contributed by atoms with E-state index in [-0.39, 0.29) is 18.6 Å². The van der Waals surface area contributed by atoms with E-state index in [2.05, 4.69) is 64.2 Å². The maximum atomic E-state index is 3.26. The molecule has 0 nitrogen and oxygen atoms in total. The third-order valence-electron chi connectivity index (χ3n) is 2.69. The van der Waals surface area contributed by atoms with Crippen LogP contribution in [0, 0.1) is 24.0 Å². The van der Waals surface area contributed by atoms with Crippen molar-refractivity contribution in [2.75, 3.05) is 0 Å². The van der Waals surface area contributed by atoms with E-state index in [0.29, 0.717) is 11.8 Å². The summed E-state index contributed by atoms with van der Waals surface area (Å²) in [4.78, 5) is 0. The van der Waals surface area contributed by atoms with Crippen LogP contribution in [-0.2, 0) is 18.6 Å². The van der Waals surface area contributed by atoms with Gasteiger partial charge in [-0.05, 0) is 0 Å². The van der Waals surface area contributed by atoms with Gasteiger partial charge in [-0.25, -0.2) is 23.3 Å². The van der Waals surface area contributed by atoms with Gasteiger partial charge in [-0.15, -0.1) is 12.8 Å². The molecule has 1 heteroatoms. The van der Waals surface area contributed by atoms with E-state index in [0.717, 1.165) is 12.8 Å². The standard InChI is InChI=1S/2C8H11.V/c2*1-7(2)8-5-3-4-6-8;/h2*3,5,7H,4H2,1-2H3;/q2*-1;+2. The molecule has 0 atom stereocenters. The minimum atomic E-state index is 0. The van der Waals surface area contributed by atoms with Crippen LogP contribution in [0.15, 0.2) is 35.5 Å². The van der Waals surface area contributed by atoms with Crippen LogP contribution in [0.4, 0.5) is 0 Å². The molecule has 0 saturated heterocycles. The van der Waals surface area contributed by atoms with E-state index in [1.54, 1.807) is 0 Å². The van der Waals surface area contributed by atoms with E-state index in [1.165, 1.54) is 11.1 Å². The fraction of sp³-hybridized carbons (Fsp3) is 0.500. The number of rotatable bonds is 2. The molecular formula is C16H22V. The average molecular weight is 265 g/mol. The molecule has 2 aliphatic rings. The van der Waals surface area contributed by atoms with Crippen molar-refractivity contribution < 1.29 is 18.6 Å². The molecule has 0 aromatic carbocycles. The van der Waals surface area contributed by atoms with Crippen molar-refractivity contribution in [2.24, 2.45) is 11.8 Å². The molecule has 2 rings (SSSR count). The fourth-order valence-electron chi connectivity index (χ4n) is 1.64. The number of allylic oxidation sites excluding steroid dienone is 8. The van der Waals surface area contributed by atoms with Crippen molar-refractivity contribution in [1.29, 1.82) is 0 Å². The molecule has 0 spiro atoms. The summed E-state index contributed by atoms with van der Waals surface area (Å²) >= 11 is 0. The van der Waals surface area contributed by atoms with Gasteiger partial charge in [0.1, 0.15) is 0 Å². The molecule has 0 heterocycles. The summed E-state index contributed by atoms with van der Waals surface area (Å²) in [5.74, 6) is 1.32. The normalized spacial score (nSPS) is 16.6. The van der Waals surface area contributed by atoms with E-state index in [4.69, 9.17) is 0 Å². The van der Waals surface area contributed by atoms with Gasteiger partial charge in [0.05, 0.1) is 0 Å². The Morgan fingerprint density at radius 3 is 1.29 bits per heavy atom. The van der Waals surface area contributed by atoms with Crippen molar-refractivity contribution in [3.63, 3.8) is 0 Å². The smallest absolute Gasteiger partial charge is 0.269 e. The SMILES string of the molecule is CC(C)C1=[C-]CC=C1.CC(C)C1=[C-]CC=C1.[V+2]. The summed E-state index contributed by atoms with van der Waals surface area (Å²) in [7, 11) is 0. The first-order valence-electron chi connectivity index (χ1n) is 6.15. The molecule has 0 amide bonds. The Labute approximate surface area is 118 Å². The second-order valence-electron chi connectivity index (χ2n) is 4.79. The van der Waals surface area contributed by atoms with Crippen LogP contribution in [0.1, 0.15) is 40.5 Å². The van der Waals surface area contributed by atoms with Gasteiger partial charge < -0.3 is 0 Å². The Bertz CT molecular complexity index is 293. The quantitative estimate of drug-likeness (QED) is 0.637. The summed E-state index contributed by atoms with van der Waals surface area (Å²) in [5.41, 5.74) is 2.73. The first kappa shape index (κ1) is 16.5. The van der Waals surface area contributed by atoms with E-state index in [1.807, 2.05) is 0 Å². The van der Waals surface area contributed by atoms with Gasteiger partial charge in [-0.1, -0.05) is 39.5 Å². The summed E-state index contributed by atoms with van der Waals surface area (Å²) < 4.78 is 0. The van der Waals surface area contributed by atoms with E-state index in [9.17, 15) is 0 Å². The van der Waals surface area contributed by atoms with Gasteiger partial charge in [-0.3, -0.25) is 12.2 Å². The largest absolute Gasteiger partial charge is 2.00 e. The zero-order chi connectivity index (χ0) is 12.0. The first-order chi connectivity index (χ1) is 7.61. The maximum absolute atomic E-state index is 3.26. The van der Waals surface area contributed by atoms with Crippen molar-refractivity contribution in [3.8, 4) is 0 Å². The van der Waals surface area contributed by atoms with Crippen LogP contribution in [0.2, 0.25) is 0 Å². The molecule has 0 fully saturated rings. The molecule has 0 aliphatic heterocycles. The summed E-state index contributed by atoms with van der Waals surface area (Å²) in [6.07, 6.45) is 17.2. The van der Waals surface area contributed by atoms with Gasteiger partial charge >= 0.3 is 18.6 Å². The maximum Gasteiger partial charge on any atom is 2.00 e. The van der Waals surface area contributed by atoms with Gasteiger partial charge in [0.2, 0.25) is 0 Å². The third kappa shape index (κ3) is 6.14. The van der Waals surface area contributed by atoms with Crippen LogP contribution in [0.5, 0.6) is 0 Å². The predicted molar refractivity (Wildman–Crippen MR) is 70.7 cm³/mol. The van der Waals surface area contributed by atoms with Gasteiger partial charge in [0.15, 0.2) is 0 Å². The van der Waals surface area contributed by atoms with Crippen LogP contribution in [-0.4, -0.2) is 0 Å². The van der Waals surface area contributed by atoms with Crippen molar-refractivity contribution in [3.05, 3.63) is 47.6 Å². The predicted octanol–water partition coefficient (Wildman–Crippen LogP) is 4.66. The zero-order valence-electron chi connectivity index (χ0n) is 11.3. The van der Waals surface area contributed by atoms with Crippen LogP contribution in [0.3, 0.4) is 0 Å². The molecule has 2 aliphatic carbocycles. The Morgan fingerprint density at radius 2 is 1.18 bits per heavy atom. The number of hydrogen-bond donors (Lipinski definition) is 0. The summed E-state index contributed by atoms with van der Waals surface area (Å²) in [5, 5.41) is 0. The molecule has 1 radical (unpaired) electrons. The monoisotopic (exact) mass is 265 g/mol. The van der Waals surface area contributed by atoms with Crippen LogP contribution in [0.25, 0.3) is 0 Å². The van der Waals surface area contributed by atoms with Gasteiger partial charge in [-0.2, -0.15) is 12.2 Å². The molecule has 0 N–H and O–H groups in total.